The average molecular weight is 879 g/mol. The second kappa shape index (κ2) is 51.5. The summed E-state index contributed by atoms with van der Waals surface area (Å²) in [4.78, 5) is 38.0. The van der Waals surface area contributed by atoms with Crippen molar-refractivity contribution in [2.24, 2.45) is 0 Å². The number of ether oxygens (including phenoxy) is 3. The Balaban J connectivity index is 4.46. The van der Waals surface area contributed by atoms with Crippen LogP contribution in [0.3, 0.4) is 0 Å². The largest absolute Gasteiger partial charge is 0.462 e. The summed E-state index contributed by atoms with van der Waals surface area (Å²) in [6.45, 7) is 6.46. The Kier molecular flexibility index (Phi) is 48.9. The summed E-state index contributed by atoms with van der Waals surface area (Å²) in [5.41, 5.74) is 0. The summed E-state index contributed by atoms with van der Waals surface area (Å²) >= 11 is 0. The van der Waals surface area contributed by atoms with Crippen LogP contribution in [-0.4, -0.2) is 37.2 Å². The van der Waals surface area contributed by atoms with Crippen LogP contribution in [0, 0.1) is 0 Å². The fourth-order valence-corrected chi connectivity index (χ4v) is 7.19. The molecule has 0 bridgehead atoms. The molecule has 0 unspecified atom stereocenters. The third kappa shape index (κ3) is 49.7. The number of hydrogen-bond donors (Lipinski definition) is 0. The summed E-state index contributed by atoms with van der Waals surface area (Å²) in [7, 11) is 0. The van der Waals surface area contributed by atoms with Crippen molar-refractivity contribution in [2.75, 3.05) is 13.2 Å². The zero-order valence-corrected chi connectivity index (χ0v) is 41.3. The van der Waals surface area contributed by atoms with Gasteiger partial charge in [0.15, 0.2) is 6.10 Å². The van der Waals surface area contributed by atoms with Crippen molar-refractivity contribution in [2.45, 2.75) is 258 Å². The van der Waals surface area contributed by atoms with Crippen LogP contribution in [0.4, 0.5) is 0 Å². The summed E-state index contributed by atoms with van der Waals surface area (Å²) in [6, 6.07) is 0. The molecule has 0 saturated carbocycles. The lowest BCUT2D eigenvalue weighted by Gasteiger charge is -2.18. The highest BCUT2D eigenvalue weighted by Gasteiger charge is 2.19. The van der Waals surface area contributed by atoms with Gasteiger partial charge in [0.25, 0.3) is 0 Å². The van der Waals surface area contributed by atoms with E-state index in [9.17, 15) is 14.4 Å². The van der Waals surface area contributed by atoms with E-state index < -0.39 is 6.10 Å². The molecule has 0 aliphatic carbocycles. The fraction of sp³-hybridized carbons (Fsp3) is 0.737. The van der Waals surface area contributed by atoms with E-state index in [4.69, 9.17) is 14.2 Å². The average Bonchev–Trinajstić information content (AvgIpc) is 3.28. The molecule has 0 fully saturated rings. The van der Waals surface area contributed by atoms with Gasteiger partial charge < -0.3 is 14.2 Å². The Morgan fingerprint density at radius 2 is 0.619 bits per heavy atom. The Bertz CT molecular complexity index is 1190. The lowest BCUT2D eigenvalue weighted by Crippen LogP contribution is -2.30. The van der Waals surface area contributed by atoms with E-state index in [-0.39, 0.29) is 37.5 Å². The molecule has 0 aromatic rings. The van der Waals surface area contributed by atoms with E-state index in [0.717, 1.165) is 83.5 Å². The van der Waals surface area contributed by atoms with Gasteiger partial charge >= 0.3 is 17.9 Å². The normalized spacial score (nSPS) is 12.6. The van der Waals surface area contributed by atoms with Gasteiger partial charge in [0.2, 0.25) is 0 Å². The summed E-state index contributed by atoms with van der Waals surface area (Å²) in [5, 5.41) is 0. The molecule has 0 aliphatic heterocycles. The Labute approximate surface area is 389 Å². The highest BCUT2D eigenvalue weighted by Crippen LogP contribution is 2.14. The fourth-order valence-electron chi connectivity index (χ4n) is 7.19. The lowest BCUT2D eigenvalue weighted by molar-refractivity contribution is -0.167. The molecular weight excluding hydrogens is 781 g/mol. The zero-order chi connectivity index (χ0) is 45.8. The highest BCUT2D eigenvalue weighted by atomic mass is 16.6. The molecule has 0 heterocycles. The molecule has 0 radical (unpaired) electrons. The van der Waals surface area contributed by atoms with E-state index in [1.165, 1.54) is 122 Å². The number of carbonyl (C=O) groups excluding carboxylic acids is 3. The first kappa shape index (κ1) is 59.9. The van der Waals surface area contributed by atoms with Gasteiger partial charge in [-0.3, -0.25) is 14.4 Å². The topological polar surface area (TPSA) is 78.9 Å². The monoisotopic (exact) mass is 879 g/mol. The molecule has 0 spiro atoms. The van der Waals surface area contributed by atoms with E-state index in [1.54, 1.807) is 0 Å². The minimum absolute atomic E-state index is 0.0968. The van der Waals surface area contributed by atoms with Crippen LogP contribution < -0.4 is 0 Å². The molecule has 362 valence electrons. The smallest absolute Gasteiger partial charge is 0.306 e. The first-order valence-electron chi connectivity index (χ1n) is 26.4. The first-order valence-corrected chi connectivity index (χ1v) is 26.4. The standard InChI is InChI=1S/C57H98O6/c1-4-7-10-13-16-19-22-25-28-31-34-37-40-43-46-49-55(58)61-52-54(63-57(60)51-48-45-42-39-36-33-30-27-24-21-18-15-12-9-6-3)53-62-56(59)50-47-44-41-38-35-32-29-26-23-20-17-14-11-8-5-2/h9,12,18-19,21-22,26-27,29-30,36,39,54H,4-8,10-11,13-17,20,23-25,28,31-35,37-38,40-53H2,1-3H3/b12-9-,21-18-,22-19-,29-26-,30-27-,39-36-/t54-/m0/s1. The van der Waals surface area contributed by atoms with Crippen molar-refractivity contribution in [3.8, 4) is 0 Å². The van der Waals surface area contributed by atoms with Crippen molar-refractivity contribution in [3.05, 3.63) is 72.9 Å². The number of unbranched alkanes of at least 4 members (excludes halogenated alkanes) is 24. The molecular formula is C57H98O6. The van der Waals surface area contributed by atoms with E-state index in [1.807, 2.05) is 0 Å². The van der Waals surface area contributed by atoms with Crippen LogP contribution >= 0.6 is 0 Å². The van der Waals surface area contributed by atoms with Gasteiger partial charge in [-0.1, -0.05) is 196 Å². The minimum Gasteiger partial charge on any atom is -0.462 e. The quantitative estimate of drug-likeness (QED) is 0.0262. The van der Waals surface area contributed by atoms with Gasteiger partial charge in [-0.25, -0.2) is 0 Å². The second-order valence-corrected chi connectivity index (χ2v) is 17.4. The molecule has 1 atom stereocenters. The van der Waals surface area contributed by atoms with Crippen LogP contribution in [0.5, 0.6) is 0 Å². The lowest BCUT2D eigenvalue weighted by atomic mass is 10.1. The van der Waals surface area contributed by atoms with Crippen LogP contribution in [-0.2, 0) is 28.6 Å². The maximum absolute atomic E-state index is 12.8. The van der Waals surface area contributed by atoms with E-state index in [0.29, 0.717) is 19.3 Å². The molecule has 0 aromatic heterocycles. The van der Waals surface area contributed by atoms with E-state index >= 15 is 0 Å². The van der Waals surface area contributed by atoms with Gasteiger partial charge in [0.1, 0.15) is 13.2 Å². The number of rotatable bonds is 47. The third-order valence-corrected chi connectivity index (χ3v) is 11.2. The second-order valence-electron chi connectivity index (χ2n) is 17.4. The maximum Gasteiger partial charge on any atom is 0.306 e. The molecule has 6 nitrogen and oxygen atoms in total. The van der Waals surface area contributed by atoms with Gasteiger partial charge in [-0.05, 0) is 109 Å². The number of hydrogen-bond acceptors (Lipinski definition) is 6. The molecule has 0 aliphatic rings. The van der Waals surface area contributed by atoms with E-state index in [2.05, 4.69) is 93.7 Å². The third-order valence-electron chi connectivity index (χ3n) is 11.2. The predicted molar refractivity (Wildman–Crippen MR) is 270 cm³/mol. The van der Waals surface area contributed by atoms with Gasteiger partial charge in [-0.15, -0.1) is 0 Å². The molecule has 0 saturated heterocycles. The first-order chi connectivity index (χ1) is 31.0. The number of carbonyl (C=O) groups is 3. The van der Waals surface area contributed by atoms with Crippen LogP contribution in [0.15, 0.2) is 72.9 Å². The van der Waals surface area contributed by atoms with Gasteiger partial charge in [0.05, 0.1) is 0 Å². The molecule has 0 rings (SSSR count). The summed E-state index contributed by atoms with van der Waals surface area (Å²) in [5.74, 6) is -0.949. The number of allylic oxidation sites excluding steroid dienone is 12. The predicted octanol–water partition coefficient (Wildman–Crippen LogP) is 17.4. The summed E-state index contributed by atoms with van der Waals surface area (Å²) < 4.78 is 16.8. The van der Waals surface area contributed by atoms with Gasteiger partial charge in [-0.2, -0.15) is 0 Å². The van der Waals surface area contributed by atoms with Crippen molar-refractivity contribution in [3.63, 3.8) is 0 Å². The molecule has 6 heteroatoms. The Morgan fingerprint density at radius 3 is 1.03 bits per heavy atom. The van der Waals surface area contributed by atoms with Gasteiger partial charge in [0, 0.05) is 19.3 Å². The summed E-state index contributed by atoms with van der Waals surface area (Å²) in [6.07, 6.45) is 64.6. The SMILES string of the molecule is CC/C=C\C/C=C\C/C=C\C/C=C\CCCCC(=O)O[C@H](COC(=O)CCCCCCC/C=C\CCCCCCCC)COC(=O)CCCCCCCCC/C=C\CCCCCC. The maximum atomic E-state index is 12.8. The highest BCUT2D eigenvalue weighted by molar-refractivity contribution is 5.71. The molecule has 0 N–H and O–H groups in total. The van der Waals surface area contributed by atoms with Crippen molar-refractivity contribution in [1.82, 2.24) is 0 Å². The molecule has 0 aromatic carbocycles. The zero-order valence-electron chi connectivity index (χ0n) is 41.3. The van der Waals surface area contributed by atoms with Crippen LogP contribution in [0.2, 0.25) is 0 Å². The Hall–Kier alpha value is -3.15. The van der Waals surface area contributed by atoms with Crippen molar-refractivity contribution in [1.29, 1.82) is 0 Å². The van der Waals surface area contributed by atoms with Crippen molar-refractivity contribution < 1.29 is 28.6 Å². The number of esters is 3. The van der Waals surface area contributed by atoms with Crippen LogP contribution in [0.25, 0.3) is 0 Å². The van der Waals surface area contributed by atoms with Crippen LogP contribution in [0.1, 0.15) is 252 Å². The minimum atomic E-state index is -0.801. The molecule has 63 heavy (non-hydrogen) atoms. The Morgan fingerprint density at radius 1 is 0.333 bits per heavy atom. The molecule has 0 amide bonds. The van der Waals surface area contributed by atoms with Crippen molar-refractivity contribution >= 4 is 17.9 Å².